The second-order valence-corrected chi connectivity index (χ2v) is 6.68. The van der Waals surface area contributed by atoms with Crippen LogP contribution in [0.5, 0.6) is 0 Å². The van der Waals surface area contributed by atoms with E-state index >= 15 is 0 Å². The number of aromatic carboxylic acids is 1. The highest BCUT2D eigenvalue weighted by atomic mass is 32.1. The first-order chi connectivity index (χ1) is 12.4. The molecule has 0 fully saturated rings. The summed E-state index contributed by atoms with van der Waals surface area (Å²) >= 11 is 1.11. The molecule has 0 saturated carbocycles. The monoisotopic (exact) mass is 371 g/mol. The van der Waals surface area contributed by atoms with Crippen molar-refractivity contribution in [3.05, 3.63) is 57.0 Å². The normalized spacial score (nSPS) is 10.8. The van der Waals surface area contributed by atoms with Crippen molar-refractivity contribution in [3.63, 3.8) is 0 Å². The van der Waals surface area contributed by atoms with Crippen molar-refractivity contribution >= 4 is 39.1 Å². The number of hydrogen-bond acceptors (Lipinski definition) is 5. The number of carboxylic acids is 1. The lowest BCUT2D eigenvalue weighted by Crippen LogP contribution is -2.31. The molecule has 3 rings (SSSR count). The van der Waals surface area contributed by atoms with Gasteiger partial charge in [0.15, 0.2) is 0 Å². The summed E-state index contributed by atoms with van der Waals surface area (Å²) in [6.45, 7) is 3.51. The fourth-order valence-electron chi connectivity index (χ4n) is 2.72. The fourth-order valence-corrected chi connectivity index (χ4v) is 3.65. The van der Waals surface area contributed by atoms with Crippen LogP contribution in [0.4, 0.5) is 5.69 Å². The highest BCUT2D eigenvalue weighted by Crippen LogP contribution is 2.22. The minimum Gasteiger partial charge on any atom is -0.478 e. The van der Waals surface area contributed by atoms with Crippen LogP contribution in [0.2, 0.25) is 0 Å². The second kappa shape index (κ2) is 7.09. The third-order valence-corrected chi connectivity index (χ3v) is 4.80. The number of benzene rings is 1. The van der Waals surface area contributed by atoms with Gasteiger partial charge >= 0.3 is 5.97 Å². The average molecular weight is 371 g/mol. The Balaban J connectivity index is 1.99. The first-order valence-electron chi connectivity index (χ1n) is 8.01. The van der Waals surface area contributed by atoms with Crippen molar-refractivity contribution < 1.29 is 14.7 Å². The van der Waals surface area contributed by atoms with Crippen LogP contribution in [0.25, 0.3) is 10.2 Å². The van der Waals surface area contributed by atoms with Crippen LogP contribution >= 0.6 is 11.3 Å². The molecule has 0 spiro atoms. The summed E-state index contributed by atoms with van der Waals surface area (Å²) in [5.74, 6) is -1.11. The first-order valence-corrected chi connectivity index (χ1v) is 8.89. The molecule has 7 nitrogen and oxygen atoms in total. The summed E-state index contributed by atoms with van der Waals surface area (Å²) in [4.78, 5) is 41.3. The smallest absolute Gasteiger partial charge is 0.337 e. The van der Waals surface area contributed by atoms with Crippen LogP contribution in [-0.4, -0.2) is 26.5 Å². The van der Waals surface area contributed by atoms with Gasteiger partial charge in [-0.3, -0.25) is 14.2 Å². The predicted molar refractivity (Wildman–Crippen MR) is 100 cm³/mol. The van der Waals surface area contributed by atoms with E-state index in [0.29, 0.717) is 22.8 Å². The SMILES string of the molecule is CCc1nc2scc(C(=O)O)c2c(=O)n1CC(=O)Nc1cccc(C)c1. The number of fused-ring (bicyclic) bond motifs is 1. The molecule has 2 aromatic heterocycles. The zero-order valence-corrected chi connectivity index (χ0v) is 15.1. The number of thiophene rings is 1. The summed E-state index contributed by atoms with van der Waals surface area (Å²) in [6, 6.07) is 7.32. The molecule has 0 aliphatic rings. The summed E-state index contributed by atoms with van der Waals surface area (Å²) < 4.78 is 1.24. The van der Waals surface area contributed by atoms with Gasteiger partial charge < -0.3 is 10.4 Å². The number of rotatable bonds is 5. The van der Waals surface area contributed by atoms with E-state index in [4.69, 9.17) is 0 Å². The molecule has 0 aliphatic heterocycles. The maximum atomic E-state index is 12.8. The maximum Gasteiger partial charge on any atom is 0.337 e. The summed E-state index contributed by atoms with van der Waals surface area (Å²) in [7, 11) is 0. The Hall–Kier alpha value is -3.00. The van der Waals surface area contributed by atoms with Crippen LogP contribution in [0, 0.1) is 6.92 Å². The summed E-state index contributed by atoms with van der Waals surface area (Å²) in [5, 5.41) is 13.5. The van der Waals surface area contributed by atoms with Crippen LogP contribution in [-0.2, 0) is 17.8 Å². The molecule has 0 unspecified atom stereocenters. The van der Waals surface area contributed by atoms with Gasteiger partial charge in [0, 0.05) is 17.5 Å². The van der Waals surface area contributed by atoms with Crippen molar-refractivity contribution in [1.82, 2.24) is 9.55 Å². The Kier molecular flexibility index (Phi) is 4.85. The van der Waals surface area contributed by atoms with E-state index < -0.39 is 11.5 Å². The average Bonchev–Trinajstić information content (AvgIpc) is 3.01. The van der Waals surface area contributed by atoms with Gasteiger partial charge in [0.25, 0.3) is 5.56 Å². The van der Waals surface area contributed by atoms with Crippen LogP contribution in [0.15, 0.2) is 34.4 Å². The van der Waals surface area contributed by atoms with Crippen molar-refractivity contribution in [3.8, 4) is 0 Å². The van der Waals surface area contributed by atoms with Gasteiger partial charge in [-0.1, -0.05) is 19.1 Å². The molecule has 0 radical (unpaired) electrons. The van der Waals surface area contributed by atoms with E-state index in [1.165, 1.54) is 9.95 Å². The first kappa shape index (κ1) is 17.8. The van der Waals surface area contributed by atoms with E-state index in [0.717, 1.165) is 16.9 Å². The largest absolute Gasteiger partial charge is 0.478 e. The van der Waals surface area contributed by atoms with Crippen molar-refractivity contribution in [2.24, 2.45) is 0 Å². The number of hydrogen-bond donors (Lipinski definition) is 2. The Morgan fingerprint density at radius 1 is 1.35 bits per heavy atom. The molecule has 8 heteroatoms. The predicted octanol–water partition coefficient (Wildman–Crippen LogP) is 2.67. The number of anilines is 1. The molecule has 1 aromatic carbocycles. The highest BCUT2D eigenvalue weighted by Gasteiger charge is 2.20. The Bertz CT molecular complexity index is 1070. The van der Waals surface area contributed by atoms with Gasteiger partial charge in [0.2, 0.25) is 5.91 Å². The molecule has 0 saturated heterocycles. The second-order valence-electron chi connectivity index (χ2n) is 5.83. The minimum absolute atomic E-state index is 0.0445. The summed E-state index contributed by atoms with van der Waals surface area (Å²) in [5.41, 5.74) is 1.04. The molecule has 0 aliphatic carbocycles. The van der Waals surface area contributed by atoms with Crippen molar-refractivity contribution in [1.29, 1.82) is 0 Å². The van der Waals surface area contributed by atoms with Crippen molar-refractivity contribution in [2.45, 2.75) is 26.8 Å². The van der Waals surface area contributed by atoms with Crippen LogP contribution < -0.4 is 10.9 Å². The van der Waals surface area contributed by atoms with Crippen LogP contribution in [0.3, 0.4) is 0 Å². The Morgan fingerprint density at radius 2 is 2.12 bits per heavy atom. The zero-order chi connectivity index (χ0) is 18.8. The zero-order valence-electron chi connectivity index (χ0n) is 14.3. The number of carboxylic acid groups (broad SMARTS) is 1. The van der Waals surface area contributed by atoms with Gasteiger partial charge in [-0.05, 0) is 24.6 Å². The van der Waals surface area contributed by atoms with E-state index in [1.54, 1.807) is 6.07 Å². The molecule has 1 amide bonds. The Morgan fingerprint density at radius 3 is 2.77 bits per heavy atom. The molecular formula is C18H17N3O4S. The third-order valence-electron chi connectivity index (χ3n) is 3.92. The number of nitrogens with zero attached hydrogens (tertiary/aromatic N) is 2. The molecule has 134 valence electrons. The quantitative estimate of drug-likeness (QED) is 0.718. The molecule has 2 N–H and O–H groups in total. The Labute approximate surface area is 152 Å². The fraction of sp³-hybridized carbons (Fsp3) is 0.222. The molecular weight excluding hydrogens is 354 g/mol. The molecule has 26 heavy (non-hydrogen) atoms. The molecule has 3 aromatic rings. The lowest BCUT2D eigenvalue weighted by molar-refractivity contribution is -0.116. The van der Waals surface area contributed by atoms with Gasteiger partial charge in [-0.2, -0.15) is 0 Å². The molecule has 0 bridgehead atoms. The number of nitrogens with one attached hydrogen (secondary N) is 1. The van der Waals surface area contributed by atoms with Gasteiger partial charge in [0.05, 0.1) is 10.9 Å². The lowest BCUT2D eigenvalue weighted by Gasteiger charge is -2.12. The van der Waals surface area contributed by atoms with E-state index in [2.05, 4.69) is 10.3 Å². The van der Waals surface area contributed by atoms with Gasteiger partial charge in [0.1, 0.15) is 17.2 Å². The van der Waals surface area contributed by atoms with Crippen molar-refractivity contribution in [2.75, 3.05) is 5.32 Å². The van der Waals surface area contributed by atoms with E-state index in [9.17, 15) is 19.5 Å². The topological polar surface area (TPSA) is 101 Å². The van der Waals surface area contributed by atoms with E-state index in [-0.39, 0.29) is 23.4 Å². The third kappa shape index (κ3) is 3.36. The maximum absolute atomic E-state index is 12.8. The number of carbonyl (C=O) groups excluding carboxylic acids is 1. The van der Waals surface area contributed by atoms with Gasteiger partial charge in [-0.25, -0.2) is 9.78 Å². The lowest BCUT2D eigenvalue weighted by atomic mass is 10.2. The van der Waals surface area contributed by atoms with Gasteiger partial charge in [-0.15, -0.1) is 11.3 Å². The van der Waals surface area contributed by atoms with Crippen LogP contribution in [0.1, 0.15) is 28.7 Å². The number of aromatic nitrogens is 2. The van der Waals surface area contributed by atoms with E-state index in [1.807, 2.05) is 32.0 Å². The number of amides is 1. The summed E-state index contributed by atoms with van der Waals surface area (Å²) in [6.07, 6.45) is 0.448. The minimum atomic E-state index is -1.19. The standard InChI is InChI=1S/C18H17N3O4S/c1-3-13-20-16-15(12(9-26-16)18(24)25)17(23)21(13)8-14(22)19-11-6-4-5-10(2)7-11/h4-7,9H,3,8H2,1-2H3,(H,19,22)(H,24,25). The number of aryl methyl sites for hydroxylation is 2. The highest BCUT2D eigenvalue weighted by molar-refractivity contribution is 7.17. The number of carbonyl (C=O) groups is 2. The molecule has 2 heterocycles. The molecule has 0 atom stereocenters.